The fourth-order valence-corrected chi connectivity index (χ4v) is 2.17. The van der Waals surface area contributed by atoms with Crippen molar-refractivity contribution in [3.8, 4) is 0 Å². The van der Waals surface area contributed by atoms with Gasteiger partial charge in [-0.15, -0.1) is 0 Å². The molecule has 0 aliphatic heterocycles. The van der Waals surface area contributed by atoms with Crippen molar-refractivity contribution < 1.29 is 14.3 Å². The SMILES string of the molecule is C/C=C(\c1ccc(F)cc1)c1cc(C)ccc1C(=O)O. The van der Waals surface area contributed by atoms with Gasteiger partial charge in [-0.05, 0) is 48.7 Å². The van der Waals surface area contributed by atoms with Crippen molar-refractivity contribution in [1.29, 1.82) is 0 Å². The Labute approximate surface area is 117 Å². The van der Waals surface area contributed by atoms with Gasteiger partial charge >= 0.3 is 5.97 Å². The van der Waals surface area contributed by atoms with Gasteiger partial charge in [-0.2, -0.15) is 0 Å². The average molecular weight is 270 g/mol. The van der Waals surface area contributed by atoms with E-state index in [0.29, 0.717) is 5.56 Å². The van der Waals surface area contributed by atoms with Crippen molar-refractivity contribution in [2.45, 2.75) is 13.8 Å². The number of allylic oxidation sites excluding steroid dienone is 1. The van der Waals surface area contributed by atoms with Crippen LogP contribution in [0.25, 0.3) is 5.57 Å². The highest BCUT2D eigenvalue weighted by Gasteiger charge is 2.14. The largest absolute Gasteiger partial charge is 0.478 e. The summed E-state index contributed by atoms with van der Waals surface area (Å²) in [5.74, 6) is -1.28. The van der Waals surface area contributed by atoms with Gasteiger partial charge in [-0.25, -0.2) is 9.18 Å². The Morgan fingerprint density at radius 3 is 2.30 bits per heavy atom. The lowest BCUT2D eigenvalue weighted by molar-refractivity contribution is 0.0696. The molecule has 0 aromatic heterocycles. The highest BCUT2D eigenvalue weighted by atomic mass is 19.1. The number of rotatable bonds is 3. The molecule has 2 nitrogen and oxygen atoms in total. The first-order valence-corrected chi connectivity index (χ1v) is 6.29. The van der Waals surface area contributed by atoms with E-state index in [-0.39, 0.29) is 11.4 Å². The zero-order valence-electron chi connectivity index (χ0n) is 11.4. The number of aryl methyl sites for hydroxylation is 1. The number of carboxylic acid groups (broad SMARTS) is 1. The number of benzene rings is 2. The molecule has 2 rings (SSSR count). The van der Waals surface area contributed by atoms with Crippen LogP contribution in [0.1, 0.15) is 34.0 Å². The predicted molar refractivity (Wildman–Crippen MR) is 77.3 cm³/mol. The second-order valence-electron chi connectivity index (χ2n) is 4.56. The van der Waals surface area contributed by atoms with Gasteiger partial charge in [0.1, 0.15) is 5.82 Å². The number of halogens is 1. The molecule has 3 heteroatoms. The lowest BCUT2D eigenvalue weighted by Gasteiger charge is -2.12. The third-order valence-electron chi connectivity index (χ3n) is 3.14. The Balaban J connectivity index is 2.60. The fourth-order valence-electron chi connectivity index (χ4n) is 2.17. The highest BCUT2D eigenvalue weighted by Crippen LogP contribution is 2.27. The van der Waals surface area contributed by atoms with Crippen LogP contribution in [0.15, 0.2) is 48.5 Å². The molecule has 20 heavy (non-hydrogen) atoms. The third-order valence-corrected chi connectivity index (χ3v) is 3.14. The molecule has 0 saturated carbocycles. The molecule has 0 heterocycles. The van der Waals surface area contributed by atoms with E-state index in [1.54, 1.807) is 24.3 Å². The van der Waals surface area contributed by atoms with Gasteiger partial charge in [-0.1, -0.05) is 35.9 Å². The minimum atomic E-state index is -0.971. The Hall–Kier alpha value is -2.42. The summed E-state index contributed by atoms with van der Waals surface area (Å²) < 4.78 is 13.0. The van der Waals surface area contributed by atoms with Crippen LogP contribution < -0.4 is 0 Å². The Bertz CT molecular complexity index is 670. The summed E-state index contributed by atoms with van der Waals surface area (Å²) in [7, 11) is 0. The lowest BCUT2D eigenvalue weighted by atomic mass is 9.92. The molecule has 1 N–H and O–H groups in total. The standard InChI is InChI=1S/C17H15FO2/c1-3-14(12-5-7-13(18)8-6-12)16-10-11(2)4-9-15(16)17(19)20/h3-10H,1-2H3,(H,19,20)/b14-3+. The summed E-state index contributed by atoms with van der Waals surface area (Å²) >= 11 is 0. The summed E-state index contributed by atoms with van der Waals surface area (Å²) in [6.07, 6.45) is 1.84. The number of carbonyl (C=O) groups is 1. The zero-order chi connectivity index (χ0) is 14.7. The van der Waals surface area contributed by atoms with Crippen molar-refractivity contribution in [2.75, 3.05) is 0 Å². The average Bonchev–Trinajstić information content (AvgIpc) is 2.41. The molecule has 0 atom stereocenters. The van der Waals surface area contributed by atoms with Gasteiger partial charge < -0.3 is 5.11 Å². The van der Waals surface area contributed by atoms with Crippen molar-refractivity contribution in [2.24, 2.45) is 0 Å². The van der Waals surface area contributed by atoms with Crippen molar-refractivity contribution >= 4 is 11.5 Å². The molecular weight excluding hydrogens is 255 g/mol. The topological polar surface area (TPSA) is 37.3 Å². The zero-order valence-corrected chi connectivity index (χ0v) is 11.4. The number of hydrogen-bond acceptors (Lipinski definition) is 1. The van der Waals surface area contributed by atoms with Crippen LogP contribution >= 0.6 is 0 Å². The van der Waals surface area contributed by atoms with Crippen LogP contribution in [0.4, 0.5) is 4.39 Å². The van der Waals surface area contributed by atoms with Gasteiger partial charge in [0.05, 0.1) is 5.56 Å². The smallest absolute Gasteiger partial charge is 0.336 e. The van der Waals surface area contributed by atoms with Crippen LogP contribution in [-0.4, -0.2) is 11.1 Å². The monoisotopic (exact) mass is 270 g/mol. The van der Waals surface area contributed by atoms with Crippen molar-refractivity contribution in [3.05, 3.63) is 76.6 Å². The Morgan fingerprint density at radius 1 is 1.10 bits per heavy atom. The first kappa shape index (κ1) is 14.0. The maximum Gasteiger partial charge on any atom is 0.336 e. The molecule has 0 aliphatic rings. The van der Waals surface area contributed by atoms with E-state index in [2.05, 4.69) is 0 Å². The van der Waals surface area contributed by atoms with Gasteiger partial charge in [0, 0.05) is 0 Å². The van der Waals surface area contributed by atoms with Gasteiger partial charge in [0.15, 0.2) is 0 Å². The fraction of sp³-hybridized carbons (Fsp3) is 0.118. The Morgan fingerprint density at radius 2 is 1.75 bits per heavy atom. The quantitative estimate of drug-likeness (QED) is 0.903. The minimum absolute atomic E-state index is 0.244. The number of carboxylic acids is 1. The molecule has 0 aliphatic carbocycles. The lowest BCUT2D eigenvalue weighted by Crippen LogP contribution is -2.03. The van der Waals surface area contributed by atoms with Gasteiger partial charge in [0.2, 0.25) is 0 Å². The molecule has 2 aromatic carbocycles. The molecule has 0 bridgehead atoms. The third kappa shape index (κ3) is 2.77. The van der Waals surface area contributed by atoms with Crippen molar-refractivity contribution in [1.82, 2.24) is 0 Å². The molecule has 0 spiro atoms. The van der Waals surface area contributed by atoms with Crippen LogP contribution in [0, 0.1) is 12.7 Å². The van der Waals surface area contributed by atoms with E-state index in [1.165, 1.54) is 12.1 Å². The molecule has 2 aromatic rings. The maximum absolute atomic E-state index is 13.0. The van der Waals surface area contributed by atoms with Crippen LogP contribution in [-0.2, 0) is 0 Å². The van der Waals surface area contributed by atoms with E-state index in [0.717, 1.165) is 16.7 Å². The summed E-state index contributed by atoms with van der Waals surface area (Å²) in [4.78, 5) is 11.4. The van der Waals surface area contributed by atoms with Crippen LogP contribution in [0.5, 0.6) is 0 Å². The van der Waals surface area contributed by atoms with Gasteiger partial charge in [-0.3, -0.25) is 0 Å². The first-order chi connectivity index (χ1) is 9.52. The van der Waals surface area contributed by atoms with E-state index in [1.807, 2.05) is 26.0 Å². The predicted octanol–water partition coefficient (Wildman–Crippen LogP) is 4.28. The van der Waals surface area contributed by atoms with Crippen LogP contribution in [0.2, 0.25) is 0 Å². The van der Waals surface area contributed by atoms with E-state index in [4.69, 9.17) is 0 Å². The highest BCUT2D eigenvalue weighted by molar-refractivity contribution is 5.97. The van der Waals surface area contributed by atoms with E-state index >= 15 is 0 Å². The normalized spacial score (nSPS) is 11.4. The summed E-state index contributed by atoms with van der Waals surface area (Å²) in [5, 5.41) is 9.30. The minimum Gasteiger partial charge on any atom is -0.478 e. The second kappa shape index (κ2) is 5.70. The van der Waals surface area contributed by atoms with Crippen LogP contribution in [0.3, 0.4) is 0 Å². The molecule has 0 saturated heterocycles. The summed E-state index contributed by atoms with van der Waals surface area (Å²) in [5.41, 5.74) is 3.44. The first-order valence-electron chi connectivity index (χ1n) is 6.29. The van der Waals surface area contributed by atoms with E-state index < -0.39 is 5.97 Å². The molecule has 0 radical (unpaired) electrons. The molecule has 0 amide bonds. The summed E-state index contributed by atoms with van der Waals surface area (Å²) in [6, 6.07) is 11.2. The van der Waals surface area contributed by atoms with Gasteiger partial charge in [0.25, 0.3) is 0 Å². The number of aromatic carboxylic acids is 1. The van der Waals surface area contributed by atoms with E-state index in [9.17, 15) is 14.3 Å². The molecule has 0 unspecified atom stereocenters. The number of hydrogen-bond donors (Lipinski definition) is 1. The molecular formula is C17H15FO2. The maximum atomic E-state index is 13.0. The molecule has 0 fully saturated rings. The Kier molecular flexibility index (Phi) is 3.99. The second-order valence-corrected chi connectivity index (χ2v) is 4.56. The summed E-state index contributed by atoms with van der Waals surface area (Å²) in [6.45, 7) is 3.75. The van der Waals surface area contributed by atoms with Crippen molar-refractivity contribution in [3.63, 3.8) is 0 Å². The molecule has 102 valence electrons.